The molecule has 3 nitrogen and oxygen atoms in total. The first-order chi connectivity index (χ1) is 30.3. The van der Waals surface area contributed by atoms with Crippen LogP contribution in [-0.4, -0.2) is 0 Å². The van der Waals surface area contributed by atoms with Crippen molar-refractivity contribution in [2.75, 3.05) is 4.90 Å². The Kier molecular flexibility index (Phi) is 8.17. The largest absolute Gasteiger partial charge is 0.456 e. The van der Waals surface area contributed by atoms with Gasteiger partial charge in [-0.3, -0.25) is 0 Å². The van der Waals surface area contributed by atoms with Crippen molar-refractivity contribution in [3.05, 3.63) is 224 Å². The number of benzene rings is 10. The second-order valence-electron chi connectivity index (χ2n) is 15.6. The normalized spacial score (nSPS) is 11.6. The van der Waals surface area contributed by atoms with Gasteiger partial charge >= 0.3 is 0 Å². The van der Waals surface area contributed by atoms with Crippen LogP contribution in [0, 0.1) is 0 Å². The van der Waals surface area contributed by atoms with E-state index in [1.165, 1.54) is 5.39 Å². The fourth-order valence-corrected chi connectivity index (χ4v) is 9.25. The smallest absolute Gasteiger partial charge is 0.143 e. The molecule has 0 atom stereocenters. The van der Waals surface area contributed by atoms with Gasteiger partial charge in [0.2, 0.25) is 0 Å². The third kappa shape index (κ3) is 5.82. The number of furan rings is 2. The first kappa shape index (κ1) is 34.9. The number of anilines is 3. The maximum Gasteiger partial charge on any atom is 0.143 e. The van der Waals surface area contributed by atoms with Gasteiger partial charge in [-0.2, -0.15) is 0 Å². The molecule has 0 N–H and O–H groups in total. The summed E-state index contributed by atoms with van der Waals surface area (Å²) < 4.78 is 13.4. The van der Waals surface area contributed by atoms with Crippen LogP contribution in [0.1, 0.15) is 0 Å². The lowest BCUT2D eigenvalue weighted by molar-refractivity contribution is 0.669. The lowest BCUT2D eigenvalue weighted by atomic mass is 9.95. The van der Waals surface area contributed by atoms with E-state index in [0.29, 0.717) is 0 Å². The Balaban J connectivity index is 1.05. The summed E-state index contributed by atoms with van der Waals surface area (Å²) in [5, 5.41) is 6.79. The predicted octanol–water partition coefficient (Wildman–Crippen LogP) is 16.8. The van der Waals surface area contributed by atoms with E-state index in [1.807, 2.05) is 6.07 Å². The van der Waals surface area contributed by atoms with E-state index < -0.39 is 0 Å². The zero-order valence-electron chi connectivity index (χ0n) is 33.1. The fraction of sp³-hybridized carbons (Fsp3) is 0. The molecule has 0 aliphatic carbocycles. The van der Waals surface area contributed by atoms with Crippen molar-refractivity contribution >= 4 is 71.7 Å². The highest BCUT2D eigenvalue weighted by atomic mass is 16.3. The SMILES string of the molecule is c1ccc(-c2ccccc2N(c2ccc(-c3cccc4c3oc3c(-c5ccccc5)cccc34)cc2)c2ccccc2-c2cccc3oc4cc5ccccc5cc4c23)cc1. The molecule has 0 fully saturated rings. The topological polar surface area (TPSA) is 29.5 Å². The summed E-state index contributed by atoms with van der Waals surface area (Å²) in [6.07, 6.45) is 0. The van der Waals surface area contributed by atoms with E-state index in [0.717, 1.165) is 111 Å². The second-order valence-corrected chi connectivity index (χ2v) is 15.6. The van der Waals surface area contributed by atoms with Gasteiger partial charge in [-0.05, 0) is 75.5 Å². The minimum atomic E-state index is 0.869. The summed E-state index contributed by atoms with van der Waals surface area (Å²) >= 11 is 0. The number of fused-ring (bicyclic) bond motifs is 7. The van der Waals surface area contributed by atoms with Crippen LogP contribution in [-0.2, 0) is 0 Å². The van der Waals surface area contributed by atoms with Gasteiger partial charge in [-0.1, -0.05) is 182 Å². The number of hydrogen-bond donors (Lipinski definition) is 0. The van der Waals surface area contributed by atoms with Gasteiger partial charge in [0.15, 0.2) is 0 Å². The van der Waals surface area contributed by atoms with E-state index in [1.54, 1.807) is 0 Å². The Bertz CT molecular complexity index is 3580. The maximum atomic E-state index is 6.83. The average Bonchev–Trinajstić information content (AvgIpc) is 3.90. The molecule has 0 saturated carbocycles. The number of para-hydroxylation sites is 4. The molecule has 12 aromatic rings. The molecular formula is C58H37NO2. The molecule has 0 radical (unpaired) electrons. The van der Waals surface area contributed by atoms with Crippen LogP contribution >= 0.6 is 0 Å². The molecule has 12 rings (SSSR count). The van der Waals surface area contributed by atoms with E-state index in [4.69, 9.17) is 8.83 Å². The summed E-state index contributed by atoms with van der Waals surface area (Å²) in [4.78, 5) is 2.41. The van der Waals surface area contributed by atoms with Gasteiger partial charge in [0.05, 0.1) is 11.4 Å². The molecule has 3 heteroatoms. The number of hydrogen-bond acceptors (Lipinski definition) is 3. The summed E-state index contributed by atoms with van der Waals surface area (Å²) in [7, 11) is 0. The Morgan fingerprint density at radius 1 is 0.295 bits per heavy atom. The number of rotatable bonds is 7. The van der Waals surface area contributed by atoms with Crippen LogP contribution in [0.3, 0.4) is 0 Å². The minimum absolute atomic E-state index is 0.869. The van der Waals surface area contributed by atoms with E-state index in [-0.39, 0.29) is 0 Å². The Labute approximate surface area is 353 Å². The lowest BCUT2D eigenvalue weighted by Gasteiger charge is -2.30. The van der Waals surface area contributed by atoms with Crippen LogP contribution in [0.5, 0.6) is 0 Å². The van der Waals surface area contributed by atoms with Crippen molar-refractivity contribution in [3.8, 4) is 44.5 Å². The average molecular weight is 780 g/mol. The molecule has 0 spiro atoms. The first-order valence-electron chi connectivity index (χ1n) is 20.7. The third-order valence-electron chi connectivity index (χ3n) is 12.1. The van der Waals surface area contributed by atoms with E-state index >= 15 is 0 Å². The Morgan fingerprint density at radius 3 is 1.46 bits per heavy atom. The van der Waals surface area contributed by atoms with Crippen molar-refractivity contribution in [2.45, 2.75) is 0 Å². The highest BCUT2D eigenvalue weighted by Crippen LogP contribution is 2.48. The highest BCUT2D eigenvalue weighted by Gasteiger charge is 2.23. The van der Waals surface area contributed by atoms with Crippen LogP contribution in [0.25, 0.3) is 99.2 Å². The minimum Gasteiger partial charge on any atom is -0.456 e. The van der Waals surface area contributed by atoms with Gasteiger partial charge in [0, 0.05) is 49.5 Å². The van der Waals surface area contributed by atoms with E-state index in [2.05, 4.69) is 223 Å². The fourth-order valence-electron chi connectivity index (χ4n) is 9.25. The van der Waals surface area contributed by atoms with Gasteiger partial charge in [0.25, 0.3) is 0 Å². The summed E-state index contributed by atoms with van der Waals surface area (Å²) in [5.41, 5.74) is 15.6. The van der Waals surface area contributed by atoms with Gasteiger partial charge in [0.1, 0.15) is 22.3 Å². The molecule has 2 aromatic heterocycles. The van der Waals surface area contributed by atoms with Crippen LogP contribution in [0.15, 0.2) is 233 Å². The lowest BCUT2D eigenvalue weighted by Crippen LogP contribution is -2.12. The summed E-state index contributed by atoms with van der Waals surface area (Å²) in [6, 6.07) is 79.8. The molecule has 0 unspecified atom stereocenters. The maximum absolute atomic E-state index is 6.83. The van der Waals surface area contributed by atoms with Gasteiger partial charge in [-0.15, -0.1) is 0 Å². The molecule has 0 aliphatic heterocycles. The molecule has 0 saturated heterocycles. The predicted molar refractivity (Wildman–Crippen MR) is 255 cm³/mol. The highest BCUT2D eigenvalue weighted by molar-refractivity contribution is 6.17. The monoisotopic (exact) mass is 779 g/mol. The van der Waals surface area contributed by atoms with Gasteiger partial charge < -0.3 is 13.7 Å². The quantitative estimate of drug-likeness (QED) is 0.161. The van der Waals surface area contributed by atoms with Crippen molar-refractivity contribution in [3.63, 3.8) is 0 Å². The summed E-state index contributed by atoms with van der Waals surface area (Å²) in [5.74, 6) is 0. The molecular weight excluding hydrogens is 743 g/mol. The van der Waals surface area contributed by atoms with Crippen LogP contribution in [0.4, 0.5) is 17.1 Å². The van der Waals surface area contributed by atoms with E-state index in [9.17, 15) is 0 Å². The second kappa shape index (κ2) is 14.3. The summed E-state index contributed by atoms with van der Waals surface area (Å²) in [6.45, 7) is 0. The molecule has 0 bridgehead atoms. The molecule has 0 aliphatic rings. The Morgan fingerprint density at radius 2 is 0.787 bits per heavy atom. The Hall–Kier alpha value is -8.14. The van der Waals surface area contributed by atoms with Crippen molar-refractivity contribution in [2.24, 2.45) is 0 Å². The zero-order valence-corrected chi connectivity index (χ0v) is 33.1. The first-order valence-corrected chi connectivity index (χ1v) is 20.7. The molecule has 286 valence electrons. The molecule has 0 amide bonds. The molecule has 2 heterocycles. The van der Waals surface area contributed by atoms with Crippen molar-refractivity contribution in [1.82, 2.24) is 0 Å². The zero-order chi connectivity index (χ0) is 40.3. The molecule has 61 heavy (non-hydrogen) atoms. The van der Waals surface area contributed by atoms with Crippen LogP contribution in [0.2, 0.25) is 0 Å². The van der Waals surface area contributed by atoms with Crippen molar-refractivity contribution in [1.29, 1.82) is 0 Å². The number of nitrogens with zero attached hydrogens (tertiary/aromatic N) is 1. The van der Waals surface area contributed by atoms with Gasteiger partial charge in [-0.25, -0.2) is 0 Å². The third-order valence-corrected chi connectivity index (χ3v) is 12.1. The van der Waals surface area contributed by atoms with Crippen molar-refractivity contribution < 1.29 is 8.83 Å². The standard InChI is InChI=1S/C58H37NO2/c1-3-16-38(17-4-1)44-22-9-11-29-52(44)59(53-30-12-10-23-47(53)48-26-15-31-54-56(48)51-36-41-20-7-8-21-42(41)37-55(51)60-54)43-34-32-40(33-35-43)46-25-14-28-50-49-27-13-24-45(57(49)61-58(46)50)39-18-5-2-6-19-39/h1-37H. The molecule has 10 aromatic carbocycles. The van der Waals surface area contributed by atoms with Crippen LogP contribution < -0.4 is 4.90 Å².